The number of carbonyl (C=O) groups excluding carboxylic acids is 1. The summed E-state index contributed by atoms with van der Waals surface area (Å²) in [5.41, 5.74) is 5.80. The summed E-state index contributed by atoms with van der Waals surface area (Å²) in [7, 11) is 0. The van der Waals surface area contributed by atoms with Crippen LogP contribution in [0.3, 0.4) is 0 Å². The van der Waals surface area contributed by atoms with E-state index >= 15 is 0 Å². The van der Waals surface area contributed by atoms with Gasteiger partial charge in [0.1, 0.15) is 0 Å². The number of carbonyl (C=O) groups is 1. The van der Waals surface area contributed by atoms with Gasteiger partial charge in [-0.15, -0.1) is 10.2 Å². The highest BCUT2D eigenvalue weighted by Gasteiger charge is 2.26. The third-order valence-electron chi connectivity index (χ3n) is 2.94. The highest BCUT2D eigenvalue weighted by Crippen LogP contribution is 2.27. The summed E-state index contributed by atoms with van der Waals surface area (Å²) in [5.74, 6) is -0.366. The highest BCUT2D eigenvalue weighted by molar-refractivity contribution is 7.15. The second kappa shape index (κ2) is 5.66. The molecule has 1 heterocycles. The predicted octanol–water partition coefficient (Wildman–Crippen LogP) is 1.93. The van der Waals surface area contributed by atoms with E-state index in [1.54, 1.807) is 0 Å². The molecule has 0 bridgehead atoms. The SMILES string of the molecule is NC1CCCC(C(=O)Nc2nnc(C(F)F)s2)C1. The number of hydrogen-bond donors (Lipinski definition) is 2. The Morgan fingerprint density at radius 2 is 2.22 bits per heavy atom. The van der Waals surface area contributed by atoms with Gasteiger partial charge in [-0.2, -0.15) is 0 Å². The van der Waals surface area contributed by atoms with Gasteiger partial charge in [0.2, 0.25) is 11.0 Å². The molecule has 100 valence electrons. The van der Waals surface area contributed by atoms with E-state index < -0.39 is 6.43 Å². The summed E-state index contributed by atoms with van der Waals surface area (Å²) in [5, 5.41) is 9.09. The van der Waals surface area contributed by atoms with Crippen molar-refractivity contribution in [1.29, 1.82) is 0 Å². The molecule has 1 amide bonds. The van der Waals surface area contributed by atoms with Gasteiger partial charge in [-0.3, -0.25) is 4.79 Å². The third kappa shape index (κ3) is 3.20. The van der Waals surface area contributed by atoms with E-state index in [4.69, 9.17) is 5.73 Å². The van der Waals surface area contributed by atoms with Gasteiger partial charge in [-0.05, 0) is 19.3 Å². The molecule has 0 aromatic carbocycles. The number of aromatic nitrogens is 2. The Labute approximate surface area is 107 Å². The second-order valence-corrected chi connectivity index (χ2v) is 5.37. The zero-order chi connectivity index (χ0) is 13.1. The largest absolute Gasteiger partial charge is 0.328 e. The van der Waals surface area contributed by atoms with Crippen molar-refractivity contribution < 1.29 is 13.6 Å². The van der Waals surface area contributed by atoms with Crippen LogP contribution in [0.5, 0.6) is 0 Å². The summed E-state index contributed by atoms with van der Waals surface area (Å²) < 4.78 is 24.6. The molecule has 5 nitrogen and oxygen atoms in total. The molecule has 1 fully saturated rings. The molecule has 1 aromatic rings. The Hall–Kier alpha value is -1.15. The lowest BCUT2D eigenvalue weighted by molar-refractivity contribution is -0.120. The summed E-state index contributed by atoms with van der Waals surface area (Å²) in [6.07, 6.45) is 0.596. The summed E-state index contributed by atoms with van der Waals surface area (Å²) in [6, 6.07) is 0.0422. The van der Waals surface area contributed by atoms with Crippen molar-refractivity contribution in [3.05, 3.63) is 5.01 Å². The fourth-order valence-corrected chi connectivity index (χ4v) is 2.65. The molecule has 2 unspecified atom stereocenters. The quantitative estimate of drug-likeness (QED) is 0.884. The number of amides is 1. The van der Waals surface area contributed by atoms with Crippen LogP contribution in [0.25, 0.3) is 0 Å². The van der Waals surface area contributed by atoms with Gasteiger partial charge in [0.25, 0.3) is 6.43 Å². The Bertz CT molecular complexity index is 426. The van der Waals surface area contributed by atoms with E-state index in [0.717, 1.165) is 19.3 Å². The second-order valence-electron chi connectivity index (χ2n) is 4.36. The molecule has 8 heteroatoms. The number of anilines is 1. The van der Waals surface area contributed by atoms with Crippen molar-refractivity contribution in [2.24, 2.45) is 11.7 Å². The molecule has 1 aliphatic carbocycles. The van der Waals surface area contributed by atoms with E-state index in [-0.39, 0.29) is 28.0 Å². The van der Waals surface area contributed by atoms with Gasteiger partial charge < -0.3 is 11.1 Å². The molecule has 0 radical (unpaired) electrons. The molecule has 0 saturated heterocycles. The zero-order valence-corrected chi connectivity index (χ0v) is 10.4. The van der Waals surface area contributed by atoms with Gasteiger partial charge in [-0.25, -0.2) is 8.78 Å². The Kier molecular flexibility index (Phi) is 4.18. The molecular formula is C10H14F2N4OS. The molecular weight excluding hydrogens is 262 g/mol. The molecule has 2 atom stereocenters. The zero-order valence-electron chi connectivity index (χ0n) is 9.60. The van der Waals surface area contributed by atoms with Gasteiger partial charge in [0.15, 0.2) is 5.01 Å². The normalized spacial score (nSPS) is 24.2. The molecule has 1 aromatic heterocycles. The van der Waals surface area contributed by atoms with E-state index in [9.17, 15) is 13.6 Å². The minimum Gasteiger partial charge on any atom is -0.328 e. The first-order chi connectivity index (χ1) is 8.56. The first kappa shape index (κ1) is 13.3. The van der Waals surface area contributed by atoms with Crippen molar-refractivity contribution in [2.45, 2.75) is 38.2 Å². The minimum absolute atomic E-state index is 0.0422. The number of nitrogens with zero attached hydrogens (tertiary/aromatic N) is 2. The van der Waals surface area contributed by atoms with Crippen molar-refractivity contribution >= 4 is 22.4 Å². The van der Waals surface area contributed by atoms with Crippen LogP contribution in [0.2, 0.25) is 0 Å². The number of halogens is 2. The average Bonchev–Trinajstić information content (AvgIpc) is 2.77. The molecule has 0 aliphatic heterocycles. The van der Waals surface area contributed by atoms with Crippen LogP contribution < -0.4 is 11.1 Å². The van der Waals surface area contributed by atoms with Gasteiger partial charge in [0.05, 0.1) is 0 Å². The first-order valence-electron chi connectivity index (χ1n) is 5.74. The van der Waals surface area contributed by atoms with Crippen LogP contribution in [0.4, 0.5) is 13.9 Å². The fourth-order valence-electron chi connectivity index (χ4n) is 2.05. The third-order valence-corrected chi connectivity index (χ3v) is 3.79. The molecule has 18 heavy (non-hydrogen) atoms. The van der Waals surface area contributed by atoms with E-state index in [0.29, 0.717) is 17.8 Å². The Balaban J connectivity index is 1.93. The van der Waals surface area contributed by atoms with Gasteiger partial charge in [-0.1, -0.05) is 17.8 Å². The van der Waals surface area contributed by atoms with Gasteiger partial charge in [0, 0.05) is 12.0 Å². The molecule has 3 N–H and O–H groups in total. The van der Waals surface area contributed by atoms with Crippen molar-refractivity contribution in [1.82, 2.24) is 10.2 Å². The van der Waals surface area contributed by atoms with Crippen LogP contribution in [-0.4, -0.2) is 22.1 Å². The van der Waals surface area contributed by atoms with Gasteiger partial charge >= 0.3 is 0 Å². The standard InChI is InChI=1S/C10H14F2N4OS/c11-7(12)9-15-16-10(18-9)14-8(17)5-2-1-3-6(13)4-5/h5-7H,1-4,13H2,(H,14,16,17). The summed E-state index contributed by atoms with van der Waals surface area (Å²) in [6.45, 7) is 0. The van der Waals surface area contributed by atoms with E-state index in [1.165, 1.54) is 0 Å². The highest BCUT2D eigenvalue weighted by atomic mass is 32.1. The number of rotatable bonds is 3. The number of nitrogens with two attached hydrogens (primary N) is 1. The number of nitrogens with one attached hydrogen (secondary N) is 1. The predicted molar refractivity (Wildman–Crippen MR) is 63.4 cm³/mol. The summed E-state index contributed by atoms with van der Waals surface area (Å²) >= 11 is 0.699. The molecule has 1 saturated carbocycles. The van der Waals surface area contributed by atoms with Crippen LogP contribution in [0, 0.1) is 5.92 Å². The Morgan fingerprint density at radius 3 is 2.83 bits per heavy atom. The number of hydrogen-bond acceptors (Lipinski definition) is 5. The maximum absolute atomic E-state index is 12.3. The average molecular weight is 276 g/mol. The van der Waals surface area contributed by atoms with Crippen LogP contribution in [0.1, 0.15) is 37.1 Å². The van der Waals surface area contributed by atoms with Crippen LogP contribution >= 0.6 is 11.3 Å². The first-order valence-corrected chi connectivity index (χ1v) is 6.56. The van der Waals surface area contributed by atoms with E-state index in [1.807, 2.05) is 0 Å². The van der Waals surface area contributed by atoms with Crippen molar-refractivity contribution in [3.8, 4) is 0 Å². The lowest BCUT2D eigenvalue weighted by Crippen LogP contribution is -2.34. The maximum atomic E-state index is 12.3. The maximum Gasteiger partial charge on any atom is 0.291 e. The van der Waals surface area contributed by atoms with Crippen LogP contribution in [-0.2, 0) is 4.79 Å². The van der Waals surface area contributed by atoms with E-state index in [2.05, 4.69) is 15.5 Å². The minimum atomic E-state index is -2.66. The van der Waals surface area contributed by atoms with Crippen LogP contribution in [0.15, 0.2) is 0 Å². The van der Waals surface area contributed by atoms with Crippen molar-refractivity contribution in [3.63, 3.8) is 0 Å². The topological polar surface area (TPSA) is 80.9 Å². The molecule has 2 rings (SSSR count). The van der Waals surface area contributed by atoms with Crippen molar-refractivity contribution in [2.75, 3.05) is 5.32 Å². The molecule has 0 spiro atoms. The number of alkyl halides is 2. The Morgan fingerprint density at radius 1 is 1.44 bits per heavy atom. The smallest absolute Gasteiger partial charge is 0.291 e. The lowest BCUT2D eigenvalue weighted by Gasteiger charge is -2.25. The monoisotopic (exact) mass is 276 g/mol. The fraction of sp³-hybridized carbons (Fsp3) is 0.700. The summed E-state index contributed by atoms with van der Waals surface area (Å²) in [4.78, 5) is 11.9. The lowest BCUT2D eigenvalue weighted by atomic mass is 9.86. The molecule has 1 aliphatic rings.